The number of rotatable bonds is 5. The van der Waals surface area contributed by atoms with Crippen LogP contribution < -0.4 is 0 Å². The minimum atomic E-state index is 0.145. The van der Waals surface area contributed by atoms with Crippen LogP contribution in [0.25, 0.3) is 11.1 Å². The minimum Gasteiger partial charge on any atom is -0.507 e. The van der Waals surface area contributed by atoms with Gasteiger partial charge in [-0.3, -0.25) is 0 Å². The number of phenolic OH excluding ortho intramolecular Hbond substituents is 2. The number of aromatic hydroxyl groups is 2. The van der Waals surface area contributed by atoms with Crippen LogP contribution in [0.4, 0.5) is 0 Å². The van der Waals surface area contributed by atoms with Crippen molar-refractivity contribution < 1.29 is 14.9 Å². The summed E-state index contributed by atoms with van der Waals surface area (Å²) in [6.07, 6.45) is 0. The smallest absolute Gasteiger partial charge is 0.137 e. The van der Waals surface area contributed by atoms with Gasteiger partial charge in [-0.05, 0) is 57.7 Å². The van der Waals surface area contributed by atoms with Crippen molar-refractivity contribution in [2.75, 3.05) is 0 Å². The van der Waals surface area contributed by atoms with Crippen molar-refractivity contribution in [3.8, 4) is 22.6 Å². The molecule has 4 aromatic carbocycles. The molecule has 0 aromatic heterocycles. The summed E-state index contributed by atoms with van der Waals surface area (Å²) in [6.45, 7) is 3.29. The Balaban J connectivity index is 0.000000176. The highest BCUT2D eigenvalue weighted by atomic mass is 79.9. The monoisotopic (exact) mass is 476 g/mol. The van der Waals surface area contributed by atoms with Gasteiger partial charge in [-0.1, -0.05) is 78.9 Å². The number of benzene rings is 4. The summed E-state index contributed by atoms with van der Waals surface area (Å²) in [4.78, 5) is 0. The quantitative estimate of drug-likeness (QED) is 0.319. The molecule has 0 radical (unpaired) electrons. The average Bonchev–Trinajstić information content (AvgIpc) is 2.79. The molecule has 4 heteroatoms. The molecular weight excluding hydrogens is 452 g/mol. The van der Waals surface area contributed by atoms with Crippen molar-refractivity contribution in [2.45, 2.75) is 20.1 Å². The number of hydrogen-bond donors (Lipinski definition) is 2. The van der Waals surface area contributed by atoms with E-state index in [0.29, 0.717) is 28.8 Å². The molecule has 0 unspecified atom stereocenters. The Labute approximate surface area is 191 Å². The number of ether oxygens (including phenoxy) is 1. The molecule has 4 rings (SSSR count). The van der Waals surface area contributed by atoms with Crippen molar-refractivity contribution in [1.82, 2.24) is 0 Å². The Morgan fingerprint density at radius 1 is 0.677 bits per heavy atom. The zero-order chi connectivity index (χ0) is 22.1. The molecule has 0 amide bonds. The van der Waals surface area contributed by atoms with Crippen LogP contribution in [0.2, 0.25) is 0 Å². The largest absolute Gasteiger partial charge is 0.507 e. The number of phenols is 2. The lowest BCUT2D eigenvalue weighted by atomic mass is 10.0. The van der Waals surface area contributed by atoms with Gasteiger partial charge in [-0.25, -0.2) is 0 Å². The summed E-state index contributed by atoms with van der Waals surface area (Å²) in [6, 6.07) is 31.1. The molecule has 3 nitrogen and oxygen atoms in total. The van der Waals surface area contributed by atoms with E-state index in [2.05, 4.69) is 40.2 Å². The van der Waals surface area contributed by atoms with Crippen LogP contribution in [-0.2, 0) is 18.0 Å². The summed E-state index contributed by atoms with van der Waals surface area (Å²) >= 11 is 3.29. The Hall–Kier alpha value is -3.08. The van der Waals surface area contributed by atoms with Gasteiger partial charge >= 0.3 is 0 Å². The van der Waals surface area contributed by atoms with Crippen LogP contribution in [0.1, 0.15) is 16.7 Å². The molecule has 4 aromatic rings. The van der Waals surface area contributed by atoms with Gasteiger partial charge in [-0.2, -0.15) is 0 Å². The third kappa shape index (κ3) is 6.71. The summed E-state index contributed by atoms with van der Waals surface area (Å²) in [5.41, 5.74) is 4.71. The first-order chi connectivity index (χ1) is 15.0. The second-order valence-electron chi connectivity index (χ2n) is 7.12. The molecule has 0 saturated carbocycles. The van der Waals surface area contributed by atoms with Crippen LogP contribution in [0.3, 0.4) is 0 Å². The van der Waals surface area contributed by atoms with Gasteiger partial charge in [-0.15, -0.1) is 0 Å². The zero-order valence-corrected chi connectivity index (χ0v) is 18.9. The first-order valence-electron chi connectivity index (χ1n) is 9.97. The summed E-state index contributed by atoms with van der Waals surface area (Å²) < 4.78 is 6.24. The van der Waals surface area contributed by atoms with E-state index < -0.39 is 0 Å². The molecule has 0 aliphatic rings. The predicted octanol–water partition coefficient (Wildman–Crippen LogP) is 7.24. The molecule has 0 atom stereocenters. The molecule has 0 fully saturated rings. The van der Waals surface area contributed by atoms with Crippen LogP contribution >= 0.6 is 15.9 Å². The highest BCUT2D eigenvalue weighted by Gasteiger charge is 2.11. The molecule has 0 spiro atoms. The molecule has 0 aliphatic heterocycles. The first kappa shape index (κ1) is 22.6. The molecular formula is C27H25BrO3. The molecule has 0 aliphatic carbocycles. The normalized spacial score (nSPS) is 10.3. The van der Waals surface area contributed by atoms with Crippen molar-refractivity contribution >= 4 is 15.9 Å². The lowest BCUT2D eigenvalue weighted by molar-refractivity contribution is 0.107. The Morgan fingerprint density at radius 3 is 1.74 bits per heavy atom. The predicted molar refractivity (Wildman–Crippen MR) is 129 cm³/mol. The minimum absolute atomic E-state index is 0.145. The fourth-order valence-electron chi connectivity index (χ4n) is 3.08. The standard InChI is InChI=1S/C14H14O.C13H11BrO2/c1-3-7-13(8-4-1)11-15-12-14-9-5-2-6-10-14;1-8-6-10(13(16)11(14)7-8)9-4-2-3-5-12(9)15/h1-10H,11-12H2;2-7,15-16H,1H3. The van der Waals surface area contributed by atoms with E-state index in [1.807, 2.05) is 61.5 Å². The highest BCUT2D eigenvalue weighted by molar-refractivity contribution is 9.10. The summed E-state index contributed by atoms with van der Waals surface area (Å²) in [5.74, 6) is 0.308. The van der Waals surface area contributed by atoms with Crippen LogP contribution in [0.5, 0.6) is 11.5 Å². The van der Waals surface area contributed by atoms with Gasteiger partial charge in [0.2, 0.25) is 0 Å². The van der Waals surface area contributed by atoms with Gasteiger partial charge in [0, 0.05) is 11.1 Å². The van der Waals surface area contributed by atoms with Gasteiger partial charge in [0.25, 0.3) is 0 Å². The van der Waals surface area contributed by atoms with Crippen molar-refractivity contribution in [2.24, 2.45) is 0 Å². The van der Waals surface area contributed by atoms with E-state index in [4.69, 9.17) is 4.74 Å². The molecule has 2 N–H and O–H groups in total. The fraction of sp³-hybridized carbons (Fsp3) is 0.111. The zero-order valence-electron chi connectivity index (χ0n) is 17.3. The van der Waals surface area contributed by atoms with Gasteiger partial charge in [0.15, 0.2) is 0 Å². The Bertz CT molecular complexity index is 1060. The maximum Gasteiger partial charge on any atom is 0.137 e. The van der Waals surface area contributed by atoms with Crippen molar-refractivity contribution in [3.05, 3.63) is 118 Å². The summed E-state index contributed by atoms with van der Waals surface area (Å²) in [5, 5.41) is 19.7. The second kappa shape index (κ2) is 11.3. The molecule has 158 valence electrons. The highest BCUT2D eigenvalue weighted by Crippen LogP contribution is 2.39. The molecule has 0 heterocycles. The molecule has 0 saturated heterocycles. The SMILES string of the molecule is Cc1cc(Br)c(O)c(-c2ccccc2O)c1.c1ccc(COCc2ccccc2)cc1. The van der Waals surface area contributed by atoms with Crippen LogP contribution in [0.15, 0.2) is 102 Å². The van der Waals surface area contributed by atoms with Crippen molar-refractivity contribution in [1.29, 1.82) is 0 Å². The molecule has 0 bridgehead atoms. The van der Waals surface area contributed by atoms with Crippen LogP contribution in [0, 0.1) is 6.92 Å². The maximum absolute atomic E-state index is 9.94. The first-order valence-corrected chi connectivity index (χ1v) is 10.8. The Morgan fingerprint density at radius 2 is 1.19 bits per heavy atom. The van der Waals surface area contributed by atoms with E-state index in [0.717, 1.165) is 5.56 Å². The van der Waals surface area contributed by atoms with Crippen molar-refractivity contribution in [3.63, 3.8) is 0 Å². The topological polar surface area (TPSA) is 49.7 Å². The third-order valence-electron chi connectivity index (χ3n) is 4.63. The Kier molecular flexibility index (Phi) is 8.27. The lowest BCUT2D eigenvalue weighted by Crippen LogP contribution is -1.93. The number of para-hydroxylation sites is 1. The van der Waals surface area contributed by atoms with Gasteiger partial charge < -0.3 is 14.9 Å². The third-order valence-corrected chi connectivity index (χ3v) is 5.23. The summed E-state index contributed by atoms with van der Waals surface area (Å²) in [7, 11) is 0. The number of aryl methyl sites for hydroxylation is 1. The van der Waals surface area contributed by atoms with E-state index in [-0.39, 0.29) is 11.5 Å². The average molecular weight is 477 g/mol. The number of hydrogen-bond acceptors (Lipinski definition) is 3. The van der Waals surface area contributed by atoms with Gasteiger partial charge in [0.1, 0.15) is 11.5 Å². The van der Waals surface area contributed by atoms with E-state index in [1.165, 1.54) is 11.1 Å². The van der Waals surface area contributed by atoms with Crippen LogP contribution in [-0.4, -0.2) is 10.2 Å². The number of halogens is 1. The molecule has 31 heavy (non-hydrogen) atoms. The van der Waals surface area contributed by atoms with E-state index in [1.54, 1.807) is 18.2 Å². The van der Waals surface area contributed by atoms with Gasteiger partial charge in [0.05, 0.1) is 17.7 Å². The van der Waals surface area contributed by atoms with E-state index in [9.17, 15) is 10.2 Å². The fourth-order valence-corrected chi connectivity index (χ4v) is 3.65. The maximum atomic E-state index is 9.94. The second-order valence-corrected chi connectivity index (χ2v) is 7.98. The van der Waals surface area contributed by atoms with E-state index >= 15 is 0 Å². The lowest BCUT2D eigenvalue weighted by Gasteiger charge is -2.09.